The summed E-state index contributed by atoms with van der Waals surface area (Å²) < 4.78 is 1.70. The molecule has 5 heteroatoms. The number of nitrogens with zero attached hydrogens (tertiary/aromatic N) is 1. The number of hydrogen-bond donors (Lipinski definition) is 1. The molecule has 76 valence electrons. The van der Waals surface area contributed by atoms with E-state index in [1.807, 2.05) is 13.7 Å². The van der Waals surface area contributed by atoms with Crippen LogP contribution in [-0.4, -0.2) is 30.0 Å². The van der Waals surface area contributed by atoms with E-state index < -0.39 is 0 Å². The minimum atomic E-state index is 0.139. The molecule has 4 nitrogen and oxygen atoms in total. The van der Waals surface area contributed by atoms with Gasteiger partial charge in [-0.25, -0.2) is 0 Å². The molecular weight excluding hydrogens is 187 g/mol. The van der Waals surface area contributed by atoms with Crippen molar-refractivity contribution >= 4 is 22.1 Å². The largest absolute Gasteiger partial charge is 0.328 e. The third kappa shape index (κ3) is 3.83. The van der Waals surface area contributed by atoms with Crippen molar-refractivity contribution in [3.63, 3.8) is 0 Å². The molecule has 0 aromatic heterocycles. The zero-order valence-corrected chi connectivity index (χ0v) is 9.06. The summed E-state index contributed by atoms with van der Waals surface area (Å²) in [5.74, 6) is 0.403. The molecule has 0 spiro atoms. The second-order valence-corrected chi connectivity index (χ2v) is 3.85. The van der Waals surface area contributed by atoms with Crippen molar-refractivity contribution in [2.24, 2.45) is 11.7 Å². The Bertz CT molecular complexity index is 176. The molecule has 1 amide bonds. The van der Waals surface area contributed by atoms with E-state index in [9.17, 15) is 4.79 Å². The van der Waals surface area contributed by atoms with E-state index in [0.717, 1.165) is 19.4 Å². The summed E-state index contributed by atoms with van der Waals surface area (Å²) >= 11 is 0. The molecule has 13 heavy (non-hydrogen) atoms. The van der Waals surface area contributed by atoms with Crippen LogP contribution in [0, 0.1) is 5.92 Å². The number of nitrogens with two attached hydrogens (primary N) is 1. The maximum atomic E-state index is 11.3. The van der Waals surface area contributed by atoms with Crippen LogP contribution < -0.4 is 5.73 Å². The Morgan fingerprint density at radius 1 is 1.77 bits per heavy atom. The first-order chi connectivity index (χ1) is 6.11. The zero-order valence-electron chi connectivity index (χ0n) is 7.90. The van der Waals surface area contributed by atoms with Gasteiger partial charge in [-0.2, -0.15) is 0 Å². The molecule has 1 heterocycles. The topological polar surface area (TPSA) is 63.4 Å². The lowest BCUT2D eigenvalue weighted by atomic mass is 10.0. The standard InChI is InChI=1S/C7H15N2OP.CH2O/c1-5(8)4-6-2-3-9(11)7(6)10;1-2/h5-6H,2-4,8,11H2,1H3;1H2. The Hall–Kier alpha value is -0.470. The van der Waals surface area contributed by atoms with Gasteiger partial charge in [-0.15, -0.1) is 0 Å². The maximum Gasteiger partial charge on any atom is 0.228 e. The Kier molecular flexibility index (Phi) is 5.84. The van der Waals surface area contributed by atoms with Crippen LogP contribution in [0.2, 0.25) is 0 Å². The van der Waals surface area contributed by atoms with Crippen molar-refractivity contribution in [2.75, 3.05) is 6.54 Å². The van der Waals surface area contributed by atoms with Gasteiger partial charge < -0.3 is 15.2 Å². The van der Waals surface area contributed by atoms with Crippen molar-refractivity contribution < 1.29 is 9.59 Å². The van der Waals surface area contributed by atoms with Crippen molar-refractivity contribution in [2.45, 2.75) is 25.8 Å². The molecule has 3 atom stereocenters. The van der Waals surface area contributed by atoms with E-state index in [1.165, 1.54) is 0 Å². The molecule has 0 bridgehead atoms. The summed E-state index contributed by atoms with van der Waals surface area (Å²) in [5.41, 5.74) is 5.60. The summed E-state index contributed by atoms with van der Waals surface area (Å²) in [6.07, 6.45) is 1.79. The second-order valence-electron chi connectivity index (χ2n) is 3.23. The lowest BCUT2D eigenvalue weighted by Gasteiger charge is -2.11. The summed E-state index contributed by atoms with van der Waals surface area (Å²) in [5, 5.41) is 0. The Labute approximate surface area is 81.1 Å². The Morgan fingerprint density at radius 3 is 2.62 bits per heavy atom. The molecule has 1 aliphatic rings. The fourth-order valence-corrected chi connectivity index (χ4v) is 1.79. The summed E-state index contributed by atoms with van der Waals surface area (Å²) in [6, 6.07) is 0.139. The molecule has 2 N–H and O–H groups in total. The summed E-state index contributed by atoms with van der Waals surface area (Å²) in [7, 11) is 2.44. The fraction of sp³-hybridized carbons (Fsp3) is 0.750. The molecule has 0 aliphatic carbocycles. The molecule has 3 unspecified atom stereocenters. The van der Waals surface area contributed by atoms with Gasteiger partial charge in [0.1, 0.15) is 6.79 Å². The highest BCUT2D eigenvalue weighted by Gasteiger charge is 2.29. The molecular formula is C8H17N2O2P. The highest BCUT2D eigenvalue weighted by molar-refractivity contribution is 7.14. The average Bonchev–Trinajstić information content (AvgIpc) is 2.39. The maximum absolute atomic E-state index is 11.3. The van der Waals surface area contributed by atoms with E-state index in [4.69, 9.17) is 10.5 Å². The monoisotopic (exact) mass is 204 g/mol. The van der Waals surface area contributed by atoms with Gasteiger partial charge in [0.25, 0.3) is 0 Å². The molecule has 0 aromatic carbocycles. The minimum Gasteiger partial charge on any atom is -0.328 e. The van der Waals surface area contributed by atoms with Crippen molar-refractivity contribution in [3.05, 3.63) is 0 Å². The summed E-state index contributed by atoms with van der Waals surface area (Å²) in [6.45, 7) is 4.81. The minimum absolute atomic E-state index is 0.139. The van der Waals surface area contributed by atoms with Gasteiger partial charge in [0.05, 0.1) is 0 Å². The lowest BCUT2D eigenvalue weighted by Crippen LogP contribution is -2.24. The van der Waals surface area contributed by atoms with Gasteiger partial charge in [-0.05, 0) is 29.2 Å². The average molecular weight is 204 g/mol. The van der Waals surface area contributed by atoms with Crippen LogP contribution in [-0.2, 0) is 9.59 Å². The first-order valence-corrected chi connectivity index (χ1v) is 4.73. The quantitative estimate of drug-likeness (QED) is 0.652. The van der Waals surface area contributed by atoms with Crippen LogP contribution in [0.1, 0.15) is 19.8 Å². The Morgan fingerprint density at radius 2 is 2.31 bits per heavy atom. The van der Waals surface area contributed by atoms with Crippen molar-refractivity contribution in [3.8, 4) is 0 Å². The van der Waals surface area contributed by atoms with E-state index in [2.05, 4.69) is 9.39 Å². The van der Waals surface area contributed by atoms with Crippen LogP contribution in [0.25, 0.3) is 0 Å². The molecule has 0 radical (unpaired) electrons. The van der Waals surface area contributed by atoms with Crippen LogP contribution >= 0.6 is 9.39 Å². The highest BCUT2D eigenvalue weighted by atomic mass is 31.0. The van der Waals surface area contributed by atoms with Crippen LogP contribution in [0.15, 0.2) is 0 Å². The number of rotatable bonds is 2. The van der Waals surface area contributed by atoms with Gasteiger partial charge >= 0.3 is 0 Å². The van der Waals surface area contributed by atoms with E-state index in [0.29, 0.717) is 0 Å². The predicted octanol–water partition coefficient (Wildman–Crippen LogP) is 0.177. The third-order valence-corrected chi connectivity index (χ3v) is 2.52. The third-order valence-electron chi connectivity index (χ3n) is 2.01. The number of amides is 1. The molecule has 0 saturated carbocycles. The highest BCUT2D eigenvalue weighted by Crippen LogP contribution is 2.24. The molecule has 1 saturated heterocycles. The van der Waals surface area contributed by atoms with Crippen molar-refractivity contribution in [1.82, 2.24) is 4.67 Å². The molecule has 1 aliphatic heterocycles. The summed E-state index contributed by atoms with van der Waals surface area (Å²) in [4.78, 5) is 19.3. The van der Waals surface area contributed by atoms with Crippen LogP contribution in [0.5, 0.6) is 0 Å². The molecule has 1 rings (SSSR count). The lowest BCUT2D eigenvalue weighted by molar-refractivity contribution is -0.127. The first-order valence-electron chi connectivity index (χ1n) is 4.21. The van der Waals surface area contributed by atoms with Gasteiger partial charge in [0.15, 0.2) is 0 Å². The van der Waals surface area contributed by atoms with Crippen LogP contribution in [0.4, 0.5) is 0 Å². The second kappa shape index (κ2) is 6.06. The number of carbonyl (C=O) groups excluding carboxylic acids is 2. The van der Waals surface area contributed by atoms with Crippen molar-refractivity contribution in [1.29, 1.82) is 0 Å². The Balaban J connectivity index is 0.000000671. The number of carbonyl (C=O) groups is 2. The van der Waals surface area contributed by atoms with E-state index in [1.54, 1.807) is 4.67 Å². The van der Waals surface area contributed by atoms with Gasteiger partial charge in [0, 0.05) is 18.5 Å². The first kappa shape index (κ1) is 12.5. The predicted molar refractivity (Wildman–Crippen MR) is 54.9 cm³/mol. The van der Waals surface area contributed by atoms with Gasteiger partial charge in [0.2, 0.25) is 5.91 Å². The van der Waals surface area contributed by atoms with E-state index >= 15 is 0 Å². The zero-order chi connectivity index (χ0) is 10.4. The molecule has 0 aromatic rings. The SMILES string of the molecule is C=O.CC(N)CC1CCN(P)C1=O. The fourth-order valence-electron chi connectivity index (χ4n) is 1.43. The molecule has 1 fully saturated rings. The number of hydrogen-bond acceptors (Lipinski definition) is 3. The van der Waals surface area contributed by atoms with E-state index in [-0.39, 0.29) is 17.9 Å². The van der Waals surface area contributed by atoms with Gasteiger partial charge in [-0.3, -0.25) is 4.79 Å². The van der Waals surface area contributed by atoms with Crippen LogP contribution in [0.3, 0.4) is 0 Å². The van der Waals surface area contributed by atoms with Gasteiger partial charge in [-0.1, -0.05) is 0 Å². The smallest absolute Gasteiger partial charge is 0.228 e. The normalized spacial score (nSPS) is 23.8.